The van der Waals surface area contributed by atoms with E-state index in [2.05, 4.69) is 15.3 Å². The molecular weight excluding hydrogens is 258 g/mol. The summed E-state index contributed by atoms with van der Waals surface area (Å²) < 4.78 is 5.45. The van der Waals surface area contributed by atoms with Crippen LogP contribution in [0.2, 0.25) is 0 Å². The number of aromatic nitrogens is 2. The molecule has 2 aromatic rings. The Morgan fingerprint density at radius 1 is 1.30 bits per heavy atom. The maximum atomic E-state index is 10.0. The highest BCUT2D eigenvalue weighted by molar-refractivity contribution is 5.40. The van der Waals surface area contributed by atoms with Crippen LogP contribution in [0.4, 0.5) is 0 Å². The lowest BCUT2D eigenvalue weighted by Crippen LogP contribution is -2.19. The van der Waals surface area contributed by atoms with E-state index in [1.165, 1.54) is 0 Å². The average Bonchev–Trinajstić information content (AvgIpc) is 2.86. The first-order valence-electron chi connectivity index (χ1n) is 6.45. The minimum absolute atomic E-state index is 0.0943. The molecule has 6 heteroatoms. The lowest BCUT2D eigenvalue weighted by Gasteiger charge is -2.14. The van der Waals surface area contributed by atoms with Gasteiger partial charge >= 0.3 is 0 Å². The van der Waals surface area contributed by atoms with Gasteiger partial charge in [-0.3, -0.25) is 4.98 Å². The average molecular weight is 277 g/mol. The lowest BCUT2D eigenvalue weighted by molar-refractivity contribution is 0.278. The van der Waals surface area contributed by atoms with Gasteiger partial charge in [-0.1, -0.05) is 0 Å². The summed E-state index contributed by atoms with van der Waals surface area (Å²) in [6.45, 7) is 5.72. The van der Waals surface area contributed by atoms with Gasteiger partial charge in [-0.15, -0.1) is 0 Å². The van der Waals surface area contributed by atoms with Gasteiger partial charge in [0.1, 0.15) is 11.5 Å². The molecule has 0 aliphatic carbocycles. The molecule has 0 bridgehead atoms. The number of nitrogens with zero attached hydrogens (tertiary/aromatic N) is 2. The summed E-state index contributed by atoms with van der Waals surface area (Å²) in [6.07, 6.45) is 3.24. The highest BCUT2D eigenvalue weighted by atomic mass is 16.4. The van der Waals surface area contributed by atoms with Crippen molar-refractivity contribution in [3.05, 3.63) is 40.9 Å². The Morgan fingerprint density at radius 2 is 2.05 bits per heavy atom. The number of aliphatic hydroxyl groups excluding tert-OH is 1. The van der Waals surface area contributed by atoms with Gasteiger partial charge in [0.25, 0.3) is 0 Å². The third kappa shape index (κ3) is 2.97. The van der Waals surface area contributed by atoms with E-state index >= 15 is 0 Å². The number of aromatic hydroxyl groups is 1. The minimum Gasteiger partial charge on any atom is -0.506 e. The molecule has 0 saturated carbocycles. The fraction of sp³-hybridized carbons (Fsp3) is 0.429. The number of rotatable bonds is 5. The van der Waals surface area contributed by atoms with E-state index in [1.807, 2.05) is 13.8 Å². The Balaban J connectivity index is 2.12. The van der Waals surface area contributed by atoms with E-state index in [9.17, 15) is 10.2 Å². The monoisotopic (exact) mass is 277 g/mol. The van der Waals surface area contributed by atoms with Gasteiger partial charge < -0.3 is 19.9 Å². The molecule has 0 saturated heterocycles. The van der Waals surface area contributed by atoms with Crippen molar-refractivity contribution in [3.8, 4) is 5.75 Å². The minimum atomic E-state index is -0.162. The van der Waals surface area contributed by atoms with Gasteiger partial charge in [-0.25, -0.2) is 4.98 Å². The number of pyridine rings is 1. The normalized spacial score (nSPS) is 12.6. The maximum Gasteiger partial charge on any atom is 0.211 e. The molecular formula is C14H19N3O3. The molecule has 0 spiro atoms. The molecule has 0 aromatic carbocycles. The van der Waals surface area contributed by atoms with Crippen LogP contribution in [-0.2, 0) is 13.2 Å². The van der Waals surface area contributed by atoms with Gasteiger partial charge in [-0.05, 0) is 20.8 Å². The smallest absolute Gasteiger partial charge is 0.211 e. The van der Waals surface area contributed by atoms with Crippen LogP contribution in [0.3, 0.4) is 0 Å². The predicted octanol–water partition coefficient (Wildman–Crippen LogP) is 1.74. The van der Waals surface area contributed by atoms with Crippen LogP contribution in [0, 0.1) is 13.8 Å². The summed E-state index contributed by atoms with van der Waals surface area (Å²) >= 11 is 0. The fourth-order valence-corrected chi connectivity index (χ4v) is 1.93. The van der Waals surface area contributed by atoms with Crippen LogP contribution in [0.15, 0.2) is 16.8 Å². The first kappa shape index (κ1) is 14.5. The van der Waals surface area contributed by atoms with Crippen LogP contribution in [-0.4, -0.2) is 20.2 Å². The third-order valence-electron chi connectivity index (χ3n) is 3.20. The summed E-state index contributed by atoms with van der Waals surface area (Å²) in [7, 11) is 0. The molecule has 0 fully saturated rings. The van der Waals surface area contributed by atoms with E-state index in [-0.39, 0.29) is 18.4 Å². The third-order valence-corrected chi connectivity index (χ3v) is 3.20. The second-order valence-electron chi connectivity index (χ2n) is 4.77. The second kappa shape index (κ2) is 6.02. The first-order valence-corrected chi connectivity index (χ1v) is 6.45. The zero-order valence-corrected chi connectivity index (χ0v) is 11.8. The Morgan fingerprint density at radius 3 is 2.65 bits per heavy atom. The molecule has 0 amide bonds. The molecule has 6 nitrogen and oxygen atoms in total. The molecule has 0 aliphatic rings. The fourth-order valence-electron chi connectivity index (χ4n) is 1.93. The topological polar surface area (TPSA) is 91.4 Å². The summed E-state index contributed by atoms with van der Waals surface area (Å²) in [5.74, 6) is 1.46. The molecule has 1 atom stereocenters. The van der Waals surface area contributed by atoms with E-state index in [0.717, 1.165) is 5.76 Å². The molecule has 3 N–H and O–H groups in total. The molecule has 0 aliphatic heterocycles. The summed E-state index contributed by atoms with van der Waals surface area (Å²) in [5, 5.41) is 22.6. The molecule has 2 rings (SSSR count). The van der Waals surface area contributed by atoms with Crippen molar-refractivity contribution < 1.29 is 14.6 Å². The zero-order chi connectivity index (χ0) is 14.7. The van der Waals surface area contributed by atoms with Crippen molar-refractivity contribution in [1.29, 1.82) is 0 Å². The molecule has 20 heavy (non-hydrogen) atoms. The van der Waals surface area contributed by atoms with E-state index in [1.54, 1.807) is 19.3 Å². The van der Waals surface area contributed by atoms with Crippen molar-refractivity contribution in [2.45, 2.75) is 40.0 Å². The van der Waals surface area contributed by atoms with Gasteiger partial charge in [0.2, 0.25) is 5.89 Å². The Labute approximate surface area is 117 Å². The standard InChI is InChI=1S/C14H19N3O3/c1-8-4-17-14(20-8)10(3)16-6-12-11(7-18)5-15-9(2)13(12)19/h4-5,10,16,18-19H,6-7H2,1-3H3. The van der Waals surface area contributed by atoms with Gasteiger partial charge in [0, 0.05) is 23.9 Å². The van der Waals surface area contributed by atoms with Crippen molar-refractivity contribution in [1.82, 2.24) is 15.3 Å². The van der Waals surface area contributed by atoms with Crippen LogP contribution < -0.4 is 5.32 Å². The van der Waals surface area contributed by atoms with Crippen LogP contribution in [0.1, 0.15) is 41.4 Å². The number of nitrogens with one attached hydrogen (secondary N) is 1. The van der Waals surface area contributed by atoms with Crippen LogP contribution >= 0.6 is 0 Å². The Hall–Kier alpha value is -1.92. The quantitative estimate of drug-likeness (QED) is 0.771. The molecule has 0 radical (unpaired) electrons. The van der Waals surface area contributed by atoms with E-state index in [4.69, 9.17) is 4.42 Å². The molecule has 2 aromatic heterocycles. The van der Waals surface area contributed by atoms with E-state index in [0.29, 0.717) is 29.3 Å². The van der Waals surface area contributed by atoms with Gasteiger partial charge in [0.05, 0.1) is 24.5 Å². The summed E-state index contributed by atoms with van der Waals surface area (Å²) in [4.78, 5) is 8.19. The van der Waals surface area contributed by atoms with Gasteiger partial charge in [0.15, 0.2) is 0 Å². The summed E-state index contributed by atoms with van der Waals surface area (Å²) in [6, 6.07) is -0.0943. The largest absolute Gasteiger partial charge is 0.506 e. The Bertz CT molecular complexity index is 595. The lowest BCUT2D eigenvalue weighted by atomic mass is 10.1. The predicted molar refractivity (Wildman–Crippen MR) is 73.1 cm³/mol. The van der Waals surface area contributed by atoms with Gasteiger partial charge in [-0.2, -0.15) is 0 Å². The van der Waals surface area contributed by atoms with E-state index < -0.39 is 0 Å². The van der Waals surface area contributed by atoms with Crippen molar-refractivity contribution in [3.63, 3.8) is 0 Å². The van der Waals surface area contributed by atoms with Crippen LogP contribution in [0.25, 0.3) is 0 Å². The van der Waals surface area contributed by atoms with Crippen molar-refractivity contribution in [2.75, 3.05) is 0 Å². The number of hydrogen-bond donors (Lipinski definition) is 3. The number of aryl methyl sites for hydroxylation is 2. The number of aliphatic hydroxyl groups is 1. The maximum absolute atomic E-state index is 10.0. The number of oxazole rings is 1. The summed E-state index contributed by atoms with van der Waals surface area (Å²) in [5.41, 5.74) is 1.80. The molecule has 1 unspecified atom stereocenters. The van der Waals surface area contributed by atoms with Crippen molar-refractivity contribution in [2.24, 2.45) is 0 Å². The number of hydrogen-bond acceptors (Lipinski definition) is 6. The molecule has 108 valence electrons. The van der Waals surface area contributed by atoms with Crippen LogP contribution in [0.5, 0.6) is 5.75 Å². The van der Waals surface area contributed by atoms with Crippen molar-refractivity contribution >= 4 is 0 Å². The first-order chi connectivity index (χ1) is 9.52. The second-order valence-corrected chi connectivity index (χ2v) is 4.77. The highest BCUT2D eigenvalue weighted by Crippen LogP contribution is 2.24. The Kier molecular flexibility index (Phi) is 4.36. The highest BCUT2D eigenvalue weighted by Gasteiger charge is 2.15. The SMILES string of the molecule is Cc1cnc(C(C)NCc2c(CO)cnc(C)c2O)o1. The zero-order valence-electron chi connectivity index (χ0n) is 11.8. The molecule has 2 heterocycles.